The third kappa shape index (κ3) is 2.66. The van der Waals surface area contributed by atoms with Gasteiger partial charge in [-0.1, -0.05) is 34.1 Å². The summed E-state index contributed by atoms with van der Waals surface area (Å²) in [6.07, 6.45) is 1.67. The van der Waals surface area contributed by atoms with E-state index in [0.29, 0.717) is 10.0 Å². The zero-order valence-electron chi connectivity index (χ0n) is 10.9. The first-order valence-corrected chi connectivity index (χ1v) is 7.10. The van der Waals surface area contributed by atoms with E-state index in [9.17, 15) is 8.78 Å². The fourth-order valence-corrected chi connectivity index (χ4v) is 2.70. The molecule has 21 heavy (non-hydrogen) atoms. The molecule has 0 radical (unpaired) electrons. The first kappa shape index (κ1) is 14.1. The van der Waals surface area contributed by atoms with Gasteiger partial charge in [-0.05, 0) is 29.8 Å². The zero-order chi connectivity index (χ0) is 15.0. The maximum Gasteiger partial charge on any atom is 0.132 e. The minimum Gasteiger partial charge on any atom is -0.320 e. The Morgan fingerprint density at radius 1 is 1.05 bits per heavy atom. The summed E-state index contributed by atoms with van der Waals surface area (Å²) in [5.74, 6) is -1.34. The number of pyridine rings is 1. The molecule has 1 heterocycles. The van der Waals surface area contributed by atoms with Gasteiger partial charge in [0.2, 0.25) is 0 Å². The Labute approximate surface area is 128 Å². The van der Waals surface area contributed by atoms with Gasteiger partial charge in [-0.3, -0.25) is 4.98 Å². The van der Waals surface area contributed by atoms with E-state index in [1.54, 1.807) is 18.3 Å². The predicted molar refractivity (Wildman–Crippen MR) is 81.8 cm³/mol. The summed E-state index contributed by atoms with van der Waals surface area (Å²) in [6, 6.07) is 10.6. The molecular formula is C16H11BrF2N2. The molecule has 2 nitrogen and oxygen atoms in total. The summed E-state index contributed by atoms with van der Waals surface area (Å²) in [5, 5.41) is 0.949. The second kappa shape index (κ2) is 5.50. The Hall–Kier alpha value is -1.85. The molecule has 0 amide bonds. The second-order valence-corrected chi connectivity index (χ2v) is 5.63. The van der Waals surface area contributed by atoms with E-state index in [0.717, 1.165) is 10.9 Å². The largest absolute Gasteiger partial charge is 0.320 e. The molecule has 0 spiro atoms. The molecule has 0 aliphatic carbocycles. The highest BCUT2D eigenvalue weighted by Crippen LogP contribution is 2.29. The van der Waals surface area contributed by atoms with Crippen LogP contribution in [0.3, 0.4) is 0 Å². The van der Waals surface area contributed by atoms with Gasteiger partial charge < -0.3 is 5.73 Å². The van der Waals surface area contributed by atoms with Crippen LogP contribution in [0.2, 0.25) is 0 Å². The Morgan fingerprint density at radius 2 is 1.76 bits per heavy atom. The fourth-order valence-electron chi connectivity index (χ4n) is 2.29. The van der Waals surface area contributed by atoms with E-state index in [2.05, 4.69) is 20.9 Å². The molecule has 0 fully saturated rings. The van der Waals surface area contributed by atoms with Gasteiger partial charge in [0, 0.05) is 21.6 Å². The lowest BCUT2D eigenvalue weighted by atomic mass is 9.97. The van der Waals surface area contributed by atoms with Gasteiger partial charge in [0.25, 0.3) is 0 Å². The quantitative estimate of drug-likeness (QED) is 0.748. The molecule has 1 aromatic heterocycles. The predicted octanol–water partition coefficient (Wildman–Crippen LogP) is 4.32. The number of hydrogen-bond acceptors (Lipinski definition) is 2. The molecule has 1 unspecified atom stereocenters. The van der Waals surface area contributed by atoms with E-state index < -0.39 is 17.7 Å². The van der Waals surface area contributed by atoms with E-state index >= 15 is 0 Å². The molecule has 0 bridgehead atoms. The van der Waals surface area contributed by atoms with Crippen LogP contribution in [0.15, 0.2) is 53.1 Å². The van der Waals surface area contributed by atoms with Crippen LogP contribution in [0.5, 0.6) is 0 Å². The number of benzene rings is 2. The highest BCUT2D eigenvalue weighted by molar-refractivity contribution is 9.10. The molecule has 0 aliphatic rings. The van der Waals surface area contributed by atoms with Crippen LogP contribution < -0.4 is 5.73 Å². The number of hydrogen-bond donors (Lipinski definition) is 1. The standard InChI is InChI=1S/C16H11BrF2N2/c17-11-7-12(18)15(13(19)8-11)16(20)10-4-3-9-2-1-5-21-14(9)6-10/h1-8,16H,20H2. The number of aromatic nitrogens is 1. The molecular weight excluding hydrogens is 338 g/mol. The highest BCUT2D eigenvalue weighted by Gasteiger charge is 2.19. The maximum absolute atomic E-state index is 14.0. The fraction of sp³-hybridized carbons (Fsp3) is 0.0625. The van der Waals surface area contributed by atoms with Crippen molar-refractivity contribution >= 4 is 26.8 Å². The lowest BCUT2D eigenvalue weighted by molar-refractivity contribution is 0.542. The van der Waals surface area contributed by atoms with E-state index in [-0.39, 0.29) is 5.56 Å². The van der Waals surface area contributed by atoms with Crippen molar-refractivity contribution in [1.82, 2.24) is 4.98 Å². The number of nitrogens with zero attached hydrogens (tertiary/aromatic N) is 1. The van der Waals surface area contributed by atoms with Crippen LogP contribution in [-0.4, -0.2) is 4.98 Å². The van der Waals surface area contributed by atoms with Gasteiger partial charge in [0.05, 0.1) is 11.6 Å². The Morgan fingerprint density at radius 3 is 2.48 bits per heavy atom. The topological polar surface area (TPSA) is 38.9 Å². The van der Waals surface area contributed by atoms with Gasteiger partial charge in [0.15, 0.2) is 0 Å². The van der Waals surface area contributed by atoms with Crippen LogP contribution >= 0.6 is 15.9 Å². The summed E-state index contributed by atoms with van der Waals surface area (Å²) in [6.45, 7) is 0. The average Bonchev–Trinajstić information content (AvgIpc) is 2.45. The second-order valence-electron chi connectivity index (χ2n) is 4.72. The third-order valence-corrected chi connectivity index (χ3v) is 3.80. The molecule has 2 aromatic carbocycles. The van der Waals surface area contributed by atoms with Crippen molar-refractivity contribution in [2.45, 2.75) is 6.04 Å². The van der Waals surface area contributed by atoms with Crippen molar-refractivity contribution in [3.8, 4) is 0 Å². The van der Waals surface area contributed by atoms with Crippen molar-refractivity contribution in [1.29, 1.82) is 0 Å². The van der Waals surface area contributed by atoms with Crippen LogP contribution in [0, 0.1) is 11.6 Å². The maximum atomic E-state index is 14.0. The van der Waals surface area contributed by atoms with Crippen molar-refractivity contribution in [3.05, 3.63) is 75.9 Å². The number of rotatable bonds is 2. The highest BCUT2D eigenvalue weighted by atomic mass is 79.9. The third-order valence-electron chi connectivity index (χ3n) is 3.34. The number of fused-ring (bicyclic) bond motifs is 1. The smallest absolute Gasteiger partial charge is 0.132 e. The van der Waals surface area contributed by atoms with Crippen molar-refractivity contribution < 1.29 is 8.78 Å². The van der Waals surface area contributed by atoms with Gasteiger partial charge in [0.1, 0.15) is 11.6 Å². The van der Waals surface area contributed by atoms with Gasteiger partial charge in [-0.15, -0.1) is 0 Å². The Kier molecular flexibility index (Phi) is 3.69. The number of halogens is 3. The normalized spacial score (nSPS) is 12.6. The van der Waals surface area contributed by atoms with Crippen molar-refractivity contribution in [2.75, 3.05) is 0 Å². The molecule has 3 aromatic rings. The van der Waals surface area contributed by atoms with E-state index in [1.165, 1.54) is 12.1 Å². The summed E-state index contributed by atoms with van der Waals surface area (Å²) < 4.78 is 28.3. The summed E-state index contributed by atoms with van der Waals surface area (Å²) >= 11 is 3.05. The summed E-state index contributed by atoms with van der Waals surface area (Å²) in [5.41, 5.74) is 7.24. The molecule has 0 saturated heterocycles. The molecule has 0 saturated carbocycles. The SMILES string of the molecule is NC(c1ccc2cccnc2c1)c1c(F)cc(Br)cc1F. The minimum atomic E-state index is -0.885. The van der Waals surface area contributed by atoms with Crippen LogP contribution in [0.4, 0.5) is 8.78 Å². The van der Waals surface area contributed by atoms with E-state index in [1.807, 2.05) is 18.2 Å². The Bertz CT molecular complexity index is 797. The van der Waals surface area contributed by atoms with Gasteiger partial charge in [-0.2, -0.15) is 0 Å². The first-order chi connectivity index (χ1) is 10.1. The molecule has 106 valence electrons. The minimum absolute atomic E-state index is 0.145. The molecule has 0 aliphatic heterocycles. The van der Waals surface area contributed by atoms with Crippen LogP contribution in [-0.2, 0) is 0 Å². The molecule has 3 rings (SSSR count). The monoisotopic (exact) mass is 348 g/mol. The summed E-state index contributed by atoms with van der Waals surface area (Å²) in [7, 11) is 0. The first-order valence-electron chi connectivity index (χ1n) is 6.31. The lowest BCUT2D eigenvalue weighted by Crippen LogP contribution is -2.15. The van der Waals surface area contributed by atoms with Crippen LogP contribution in [0.1, 0.15) is 17.2 Å². The average molecular weight is 349 g/mol. The van der Waals surface area contributed by atoms with E-state index in [4.69, 9.17) is 5.73 Å². The number of nitrogens with two attached hydrogens (primary N) is 1. The van der Waals surface area contributed by atoms with Crippen molar-refractivity contribution in [3.63, 3.8) is 0 Å². The molecule has 2 N–H and O–H groups in total. The van der Waals surface area contributed by atoms with Gasteiger partial charge in [-0.25, -0.2) is 8.78 Å². The molecule has 5 heteroatoms. The Balaban J connectivity index is 2.10. The van der Waals surface area contributed by atoms with Crippen LogP contribution in [0.25, 0.3) is 10.9 Å². The zero-order valence-corrected chi connectivity index (χ0v) is 12.4. The summed E-state index contributed by atoms with van der Waals surface area (Å²) in [4.78, 5) is 4.23. The lowest BCUT2D eigenvalue weighted by Gasteiger charge is -2.15. The van der Waals surface area contributed by atoms with Gasteiger partial charge >= 0.3 is 0 Å². The molecule has 1 atom stereocenters. The van der Waals surface area contributed by atoms with Crippen molar-refractivity contribution in [2.24, 2.45) is 5.73 Å².